The monoisotopic (exact) mass is 499 g/mol. The number of carbonyl (C=O) groups excluding carboxylic acids is 1. The predicted octanol–water partition coefficient (Wildman–Crippen LogP) is 4.96. The standard InChI is InChI=1S/C27H37N3O4S/c1-19-12-13-20(2)22(17-19)14-15-25-26(21(3)28-34-25)35(32,33)30-16-8-9-23(18-30)27(31)29(4)24-10-6-5-7-11-24/h12-15,17,23-24H,5-11,16,18H2,1-4H3. The molecule has 1 amide bonds. The minimum atomic E-state index is -3.86. The molecule has 0 spiro atoms. The molecule has 1 aliphatic carbocycles. The van der Waals surface area contributed by atoms with E-state index >= 15 is 0 Å². The van der Waals surface area contributed by atoms with Crippen LogP contribution < -0.4 is 0 Å². The molecule has 2 fully saturated rings. The highest BCUT2D eigenvalue weighted by Crippen LogP contribution is 2.31. The normalized spacial score (nSPS) is 20.4. The number of carbonyl (C=O) groups is 1. The van der Waals surface area contributed by atoms with E-state index in [1.807, 2.05) is 50.1 Å². The largest absolute Gasteiger partial charge is 0.355 e. The fraction of sp³-hybridized carbons (Fsp3) is 0.556. The van der Waals surface area contributed by atoms with E-state index < -0.39 is 10.0 Å². The van der Waals surface area contributed by atoms with Crippen LogP contribution in [-0.4, -0.2) is 54.9 Å². The summed E-state index contributed by atoms with van der Waals surface area (Å²) in [7, 11) is -1.98. The third-order valence-electron chi connectivity index (χ3n) is 7.48. The second-order valence-electron chi connectivity index (χ2n) is 10.1. The maximum absolute atomic E-state index is 13.7. The molecule has 1 saturated heterocycles. The van der Waals surface area contributed by atoms with Gasteiger partial charge in [-0.25, -0.2) is 8.42 Å². The molecule has 2 heterocycles. The number of benzene rings is 1. The molecule has 7 nitrogen and oxygen atoms in total. The Balaban J connectivity index is 1.54. The summed E-state index contributed by atoms with van der Waals surface area (Å²) in [6, 6.07) is 6.40. The maximum atomic E-state index is 13.7. The minimum Gasteiger partial charge on any atom is -0.355 e. The predicted molar refractivity (Wildman–Crippen MR) is 137 cm³/mol. The molecular weight excluding hydrogens is 462 g/mol. The third kappa shape index (κ3) is 5.54. The van der Waals surface area contributed by atoms with Crippen molar-refractivity contribution in [1.29, 1.82) is 0 Å². The highest BCUT2D eigenvalue weighted by molar-refractivity contribution is 7.89. The lowest BCUT2D eigenvalue weighted by Crippen LogP contribution is -2.48. The van der Waals surface area contributed by atoms with Gasteiger partial charge in [0.1, 0.15) is 5.69 Å². The fourth-order valence-electron chi connectivity index (χ4n) is 5.33. The van der Waals surface area contributed by atoms with Crippen molar-refractivity contribution in [3.63, 3.8) is 0 Å². The van der Waals surface area contributed by atoms with Crippen molar-refractivity contribution in [2.24, 2.45) is 5.92 Å². The van der Waals surface area contributed by atoms with E-state index in [-0.39, 0.29) is 35.1 Å². The van der Waals surface area contributed by atoms with Gasteiger partial charge in [-0.15, -0.1) is 0 Å². The summed E-state index contributed by atoms with van der Waals surface area (Å²) in [5.41, 5.74) is 3.54. The van der Waals surface area contributed by atoms with Crippen LogP contribution in [0.4, 0.5) is 0 Å². The molecule has 1 saturated carbocycles. The number of amides is 1. The maximum Gasteiger partial charge on any atom is 0.248 e. The molecule has 0 bridgehead atoms. The van der Waals surface area contributed by atoms with E-state index in [2.05, 4.69) is 5.16 Å². The molecular formula is C27H37N3O4S. The average Bonchev–Trinajstić information content (AvgIpc) is 3.25. The van der Waals surface area contributed by atoms with Gasteiger partial charge in [0.15, 0.2) is 10.7 Å². The highest BCUT2D eigenvalue weighted by Gasteiger charge is 2.38. The number of hydrogen-bond acceptors (Lipinski definition) is 5. The number of nitrogens with zero attached hydrogens (tertiary/aromatic N) is 3. The van der Waals surface area contributed by atoms with Gasteiger partial charge in [0.05, 0.1) is 5.92 Å². The van der Waals surface area contributed by atoms with Gasteiger partial charge in [0.25, 0.3) is 0 Å². The van der Waals surface area contributed by atoms with Gasteiger partial charge >= 0.3 is 0 Å². The van der Waals surface area contributed by atoms with Crippen molar-refractivity contribution in [2.45, 2.75) is 76.7 Å². The van der Waals surface area contributed by atoms with Crippen molar-refractivity contribution in [1.82, 2.24) is 14.4 Å². The van der Waals surface area contributed by atoms with Crippen molar-refractivity contribution < 1.29 is 17.7 Å². The summed E-state index contributed by atoms with van der Waals surface area (Å²) < 4.78 is 34.3. The molecule has 35 heavy (non-hydrogen) atoms. The number of piperidine rings is 1. The summed E-state index contributed by atoms with van der Waals surface area (Å²) in [4.78, 5) is 15.2. The number of sulfonamides is 1. The van der Waals surface area contributed by atoms with Crippen LogP contribution in [0.5, 0.6) is 0 Å². The Labute approximate surface area is 209 Å². The van der Waals surface area contributed by atoms with Gasteiger partial charge in [-0.05, 0) is 63.7 Å². The van der Waals surface area contributed by atoms with Crippen LogP contribution in [0.15, 0.2) is 27.6 Å². The SMILES string of the molecule is Cc1ccc(C)c(C=Cc2onc(C)c2S(=O)(=O)N2CCCC(C(=O)N(C)C3CCCCC3)C2)c1. The summed E-state index contributed by atoms with van der Waals surface area (Å²) in [5, 5.41) is 3.97. The second kappa shape index (κ2) is 10.7. The smallest absolute Gasteiger partial charge is 0.248 e. The Morgan fingerprint density at radius 3 is 2.57 bits per heavy atom. The Kier molecular flexibility index (Phi) is 7.81. The van der Waals surface area contributed by atoms with Crippen molar-refractivity contribution >= 4 is 28.1 Å². The van der Waals surface area contributed by atoms with Crippen LogP contribution >= 0.6 is 0 Å². The van der Waals surface area contributed by atoms with E-state index in [0.29, 0.717) is 25.1 Å². The molecule has 0 N–H and O–H groups in total. The van der Waals surface area contributed by atoms with E-state index in [1.54, 1.807) is 13.0 Å². The molecule has 190 valence electrons. The van der Waals surface area contributed by atoms with Crippen LogP contribution in [0, 0.1) is 26.7 Å². The molecule has 8 heteroatoms. The molecule has 1 aromatic carbocycles. The van der Waals surface area contributed by atoms with Gasteiger partial charge in [-0.2, -0.15) is 4.31 Å². The summed E-state index contributed by atoms with van der Waals surface area (Å²) in [6.07, 6.45) is 10.5. The molecule has 1 aromatic heterocycles. The van der Waals surface area contributed by atoms with E-state index in [9.17, 15) is 13.2 Å². The van der Waals surface area contributed by atoms with Crippen molar-refractivity contribution in [2.75, 3.05) is 20.1 Å². The lowest BCUT2D eigenvalue weighted by Gasteiger charge is -2.37. The quantitative estimate of drug-likeness (QED) is 0.561. The molecule has 2 aromatic rings. The van der Waals surface area contributed by atoms with Crippen LogP contribution in [0.25, 0.3) is 12.2 Å². The molecule has 1 atom stereocenters. The number of hydrogen-bond donors (Lipinski definition) is 0. The van der Waals surface area contributed by atoms with Crippen LogP contribution in [0.1, 0.15) is 73.1 Å². The van der Waals surface area contributed by atoms with Gasteiger partial charge in [0, 0.05) is 26.2 Å². The zero-order chi connectivity index (χ0) is 25.2. The van der Waals surface area contributed by atoms with Crippen LogP contribution in [-0.2, 0) is 14.8 Å². The number of aromatic nitrogens is 1. The van der Waals surface area contributed by atoms with E-state index in [4.69, 9.17) is 4.52 Å². The number of rotatable bonds is 6. The third-order valence-corrected chi connectivity index (χ3v) is 9.51. The van der Waals surface area contributed by atoms with Gasteiger partial charge in [0.2, 0.25) is 15.9 Å². The first kappa shape index (κ1) is 25.6. The van der Waals surface area contributed by atoms with E-state index in [1.165, 1.54) is 10.7 Å². The first-order chi connectivity index (χ1) is 16.7. The second-order valence-corrected chi connectivity index (χ2v) is 12.0. The average molecular weight is 500 g/mol. The van der Waals surface area contributed by atoms with Gasteiger partial charge < -0.3 is 9.42 Å². The lowest BCUT2D eigenvalue weighted by atomic mass is 9.92. The molecule has 0 radical (unpaired) electrons. The zero-order valence-corrected chi connectivity index (χ0v) is 22.1. The Morgan fingerprint density at radius 1 is 1.09 bits per heavy atom. The van der Waals surface area contributed by atoms with Gasteiger partial charge in [-0.1, -0.05) is 54.3 Å². The Hall–Kier alpha value is -2.45. The first-order valence-corrected chi connectivity index (χ1v) is 14.1. The Bertz CT molecular complexity index is 1200. The summed E-state index contributed by atoms with van der Waals surface area (Å²) in [5.74, 6) is -0.0374. The minimum absolute atomic E-state index is 0.0638. The highest BCUT2D eigenvalue weighted by atomic mass is 32.2. The molecule has 1 aliphatic heterocycles. The topological polar surface area (TPSA) is 83.7 Å². The van der Waals surface area contributed by atoms with Crippen molar-refractivity contribution in [3.05, 3.63) is 46.3 Å². The molecule has 2 aliphatic rings. The fourth-order valence-corrected chi connectivity index (χ4v) is 7.11. The van der Waals surface area contributed by atoms with Crippen LogP contribution in [0.3, 0.4) is 0 Å². The van der Waals surface area contributed by atoms with Gasteiger partial charge in [-0.3, -0.25) is 4.79 Å². The van der Waals surface area contributed by atoms with E-state index in [0.717, 1.165) is 42.4 Å². The Morgan fingerprint density at radius 2 is 1.83 bits per heavy atom. The molecule has 4 rings (SSSR count). The first-order valence-electron chi connectivity index (χ1n) is 12.7. The summed E-state index contributed by atoms with van der Waals surface area (Å²) in [6.45, 7) is 6.27. The summed E-state index contributed by atoms with van der Waals surface area (Å²) >= 11 is 0. The van der Waals surface area contributed by atoms with Crippen LogP contribution in [0.2, 0.25) is 0 Å². The van der Waals surface area contributed by atoms with Crippen molar-refractivity contribution in [3.8, 4) is 0 Å². The zero-order valence-electron chi connectivity index (χ0n) is 21.3. The molecule has 1 unspecified atom stereocenters. The lowest BCUT2D eigenvalue weighted by molar-refractivity contribution is -0.138. The number of aryl methyl sites for hydroxylation is 3.